The zero-order valence-corrected chi connectivity index (χ0v) is 18.6. The van der Waals surface area contributed by atoms with Gasteiger partial charge in [0.2, 0.25) is 5.91 Å². The van der Waals surface area contributed by atoms with Crippen molar-refractivity contribution < 1.29 is 14.0 Å². The van der Waals surface area contributed by atoms with Gasteiger partial charge in [0.05, 0.1) is 5.57 Å². The number of hydrogen-bond acceptors (Lipinski definition) is 5. The minimum absolute atomic E-state index is 0.0143. The Kier molecular flexibility index (Phi) is 4.31. The van der Waals surface area contributed by atoms with Crippen LogP contribution in [-0.2, 0) is 15.0 Å². The van der Waals surface area contributed by atoms with E-state index in [1.165, 1.54) is 17.0 Å². The Morgan fingerprint density at radius 3 is 2.39 bits per heavy atom. The molecule has 1 atom stereocenters. The Hall–Kier alpha value is -3.92. The van der Waals surface area contributed by atoms with Crippen LogP contribution < -0.4 is 15.5 Å². The van der Waals surface area contributed by atoms with Crippen molar-refractivity contribution >= 4 is 23.1 Å². The van der Waals surface area contributed by atoms with Gasteiger partial charge in [-0.15, -0.1) is 0 Å². The molecule has 2 aliphatic heterocycles. The van der Waals surface area contributed by atoms with Gasteiger partial charge in [-0.3, -0.25) is 14.5 Å². The Morgan fingerprint density at radius 2 is 1.73 bits per heavy atom. The average molecular weight is 442 g/mol. The van der Waals surface area contributed by atoms with Gasteiger partial charge in [-0.05, 0) is 42.2 Å². The van der Waals surface area contributed by atoms with E-state index in [-0.39, 0.29) is 34.9 Å². The van der Waals surface area contributed by atoms with Gasteiger partial charge in [0.15, 0.2) is 5.78 Å². The molecule has 0 radical (unpaired) electrons. The molecule has 33 heavy (non-hydrogen) atoms. The van der Waals surface area contributed by atoms with Gasteiger partial charge in [-0.2, -0.15) is 5.26 Å². The molecule has 0 saturated carbocycles. The number of likely N-dealkylation sites (N-methyl/N-ethyl adjacent to an activating group) is 1. The summed E-state index contributed by atoms with van der Waals surface area (Å²) in [5.74, 6) is -0.896. The number of halogens is 1. The molecular weight excluding hydrogens is 419 g/mol. The maximum absolute atomic E-state index is 13.9. The zero-order valence-electron chi connectivity index (χ0n) is 18.6. The maximum Gasteiger partial charge on any atom is 0.247 e. The summed E-state index contributed by atoms with van der Waals surface area (Å²) >= 11 is 0. The summed E-state index contributed by atoms with van der Waals surface area (Å²) < 4.78 is 13.7. The van der Waals surface area contributed by atoms with Gasteiger partial charge in [0.25, 0.3) is 0 Å². The molecule has 166 valence electrons. The predicted molar refractivity (Wildman–Crippen MR) is 122 cm³/mol. The van der Waals surface area contributed by atoms with Gasteiger partial charge in [-0.25, -0.2) is 4.39 Å². The van der Waals surface area contributed by atoms with Crippen LogP contribution in [0.15, 0.2) is 71.2 Å². The summed E-state index contributed by atoms with van der Waals surface area (Å²) in [5.41, 5.74) is 7.30. The fraction of sp³-hybridized carbons (Fsp3) is 0.269. The molecule has 6 nitrogen and oxygen atoms in total. The SMILES string of the molecule is CN1C(=O)[C@@]2(C(C#N)=C(N)N(c3ccc(F)cc3)C3=C2C(=O)CC(C)(C)C3)c2ccccc21. The highest BCUT2D eigenvalue weighted by Crippen LogP contribution is 2.58. The second kappa shape index (κ2) is 6.79. The lowest BCUT2D eigenvalue weighted by atomic mass is 9.60. The van der Waals surface area contributed by atoms with Crippen LogP contribution in [0.5, 0.6) is 0 Å². The molecule has 0 unspecified atom stereocenters. The molecule has 1 aliphatic carbocycles. The quantitative estimate of drug-likeness (QED) is 0.724. The first-order chi connectivity index (χ1) is 15.6. The van der Waals surface area contributed by atoms with E-state index in [1.807, 2.05) is 19.9 Å². The van der Waals surface area contributed by atoms with E-state index in [0.29, 0.717) is 34.6 Å². The van der Waals surface area contributed by atoms with Crippen molar-refractivity contribution in [3.05, 3.63) is 82.6 Å². The van der Waals surface area contributed by atoms with Crippen molar-refractivity contribution in [3.63, 3.8) is 0 Å². The summed E-state index contributed by atoms with van der Waals surface area (Å²) in [7, 11) is 1.64. The normalized spacial score (nSPS) is 23.7. The molecule has 5 rings (SSSR count). The average Bonchev–Trinajstić information content (AvgIpc) is 2.97. The topological polar surface area (TPSA) is 90.4 Å². The summed E-state index contributed by atoms with van der Waals surface area (Å²) in [6, 6.07) is 15.1. The van der Waals surface area contributed by atoms with Crippen molar-refractivity contribution in [3.8, 4) is 6.07 Å². The van der Waals surface area contributed by atoms with E-state index < -0.39 is 11.2 Å². The number of rotatable bonds is 1. The number of allylic oxidation sites excluding steroid dienone is 1. The highest BCUT2D eigenvalue weighted by atomic mass is 19.1. The van der Waals surface area contributed by atoms with Crippen molar-refractivity contribution in [2.75, 3.05) is 16.8 Å². The molecule has 0 bridgehead atoms. The number of para-hydroxylation sites is 1. The molecule has 2 aromatic rings. The molecule has 3 aliphatic rings. The number of amides is 1. The van der Waals surface area contributed by atoms with Crippen molar-refractivity contribution in [2.45, 2.75) is 32.1 Å². The van der Waals surface area contributed by atoms with E-state index >= 15 is 0 Å². The van der Waals surface area contributed by atoms with E-state index in [1.54, 1.807) is 42.3 Å². The lowest BCUT2D eigenvalue weighted by molar-refractivity contribution is -0.124. The van der Waals surface area contributed by atoms with Crippen molar-refractivity contribution in [1.29, 1.82) is 5.26 Å². The van der Waals surface area contributed by atoms with Crippen LogP contribution in [0.4, 0.5) is 15.8 Å². The van der Waals surface area contributed by atoms with Crippen molar-refractivity contribution in [2.24, 2.45) is 11.1 Å². The first kappa shape index (κ1) is 21.0. The number of Topliss-reactive ketones (excluding diaryl/α,β-unsaturated/α-hetero) is 1. The first-order valence-electron chi connectivity index (χ1n) is 10.7. The number of ketones is 1. The standard InChI is InChI=1S/C26H23FN4O2/c1-25(2)12-20-22(21(32)13-25)26(17-6-4-5-7-19(17)30(3)24(26)33)18(14-28)23(29)31(20)16-10-8-15(27)9-11-16/h4-11H,12-13,29H2,1-3H3/t26-/m1/s1. The largest absolute Gasteiger partial charge is 0.384 e. The van der Waals surface area contributed by atoms with Crippen LogP contribution in [0.1, 0.15) is 32.3 Å². The van der Waals surface area contributed by atoms with Gasteiger partial charge in [0, 0.05) is 41.7 Å². The minimum atomic E-state index is -1.59. The molecule has 2 aromatic carbocycles. The highest BCUT2D eigenvalue weighted by molar-refractivity contribution is 6.20. The Bertz CT molecular complexity index is 1330. The highest BCUT2D eigenvalue weighted by Gasteiger charge is 2.62. The van der Waals surface area contributed by atoms with E-state index in [9.17, 15) is 19.2 Å². The molecule has 2 N–H and O–H groups in total. The van der Waals surface area contributed by atoms with Gasteiger partial charge in [0.1, 0.15) is 23.1 Å². The second-order valence-electron chi connectivity index (χ2n) is 9.58. The molecule has 2 heterocycles. The number of anilines is 2. The van der Waals surface area contributed by atoms with E-state index in [2.05, 4.69) is 6.07 Å². The number of carbonyl (C=O) groups is 2. The van der Waals surface area contributed by atoms with Crippen LogP contribution in [0.25, 0.3) is 0 Å². The number of nitrogens with two attached hydrogens (primary N) is 1. The number of nitrogens with zero attached hydrogens (tertiary/aromatic N) is 3. The van der Waals surface area contributed by atoms with Gasteiger partial charge < -0.3 is 10.6 Å². The van der Waals surface area contributed by atoms with Crippen LogP contribution in [-0.4, -0.2) is 18.7 Å². The van der Waals surface area contributed by atoms with E-state index in [4.69, 9.17) is 5.73 Å². The van der Waals surface area contributed by atoms with Crippen LogP contribution >= 0.6 is 0 Å². The summed E-state index contributed by atoms with van der Waals surface area (Å²) in [5, 5.41) is 10.3. The van der Waals surface area contributed by atoms with Gasteiger partial charge in [-0.1, -0.05) is 32.0 Å². The van der Waals surface area contributed by atoms with Crippen LogP contribution in [0, 0.1) is 22.6 Å². The third kappa shape index (κ3) is 2.64. The van der Waals surface area contributed by atoms with Crippen LogP contribution in [0.2, 0.25) is 0 Å². The predicted octanol–water partition coefficient (Wildman–Crippen LogP) is 3.90. The Balaban J connectivity index is 1.91. The lowest BCUT2D eigenvalue weighted by Gasteiger charge is -2.46. The number of benzene rings is 2. The number of hydrogen-bond donors (Lipinski definition) is 1. The number of nitriles is 1. The summed E-state index contributed by atoms with van der Waals surface area (Å²) in [6.07, 6.45) is 0.703. The fourth-order valence-electron chi connectivity index (χ4n) is 5.55. The lowest BCUT2D eigenvalue weighted by Crippen LogP contribution is -2.53. The molecular formula is C26H23FN4O2. The molecule has 1 amide bonds. The molecule has 0 aromatic heterocycles. The molecule has 1 spiro atoms. The van der Waals surface area contributed by atoms with Crippen LogP contribution in [0.3, 0.4) is 0 Å². The minimum Gasteiger partial charge on any atom is -0.384 e. The molecule has 0 saturated heterocycles. The van der Waals surface area contributed by atoms with Crippen molar-refractivity contribution in [1.82, 2.24) is 0 Å². The Morgan fingerprint density at radius 1 is 1.06 bits per heavy atom. The van der Waals surface area contributed by atoms with E-state index in [0.717, 1.165) is 0 Å². The van der Waals surface area contributed by atoms with Gasteiger partial charge >= 0.3 is 0 Å². The first-order valence-corrected chi connectivity index (χ1v) is 10.7. The summed E-state index contributed by atoms with van der Waals surface area (Å²) in [4.78, 5) is 30.8. The maximum atomic E-state index is 13.9. The number of fused-ring (bicyclic) bond motifs is 3. The Labute approximate surface area is 191 Å². The molecule has 0 fully saturated rings. The summed E-state index contributed by atoms with van der Waals surface area (Å²) in [6.45, 7) is 3.97. The zero-order chi connectivity index (χ0) is 23.7. The fourth-order valence-corrected chi connectivity index (χ4v) is 5.55. The third-order valence-corrected chi connectivity index (χ3v) is 6.86. The smallest absolute Gasteiger partial charge is 0.247 e. The monoisotopic (exact) mass is 442 g/mol. The molecule has 7 heteroatoms. The number of carbonyl (C=O) groups excluding carboxylic acids is 2. The third-order valence-electron chi connectivity index (χ3n) is 6.86. The second-order valence-corrected chi connectivity index (χ2v) is 9.58.